The molecular weight excluding hydrogens is 324 g/mol. The first-order valence-electron chi connectivity index (χ1n) is 9.70. The second-order valence-electron chi connectivity index (χ2n) is 6.61. The first-order chi connectivity index (χ1) is 12.6. The zero-order valence-corrected chi connectivity index (χ0v) is 16.2. The van der Waals surface area contributed by atoms with Crippen LogP contribution in [0.5, 0.6) is 0 Å². The fraction of sp³-hybridized carbons (Fsp3) is 0.455. The SMILES string of the molecule is CCCCn1c(CCC)c(CC)cc(C(=O)NCc2ccccc2)c1=O. The van der Waals surface area contributed by atoms with Gasteiger partial charge in [-0.05, 0) is 36.5 Å². The first-order valence-corrected chi connectivity index (χ1v) is 9.70. The number of aryl methyl sites for hydroxylation is 1. The molecule has 1 N–H and O–H groups in total. The molecule has 0 fully saturated rings. The summed E-state index contributed by atoms with van der Waals surface area (Å²) in [5.41, 5.74) is 3.31. The van der Waals surface area contributed by atoms with Crippen LogP contribution in [0.3, 0.4) is 0 Å². The number of aromatic nitrogens is 1. The Morgan fingerprint density at radius 3 is 2.42 bits per heavy atom. The van der Waals surface area contributed by atoms with Crippen molar-refractivity contribution in [1.29, 1.82) is 0 Å². The van der Waals surface area contributed by atoms with Crippen LogP contribution in [0.15, 0.2) is 41.2 Å². The minimum Gasteiger partial charge on any atom is -0.348 e. The Morgan fingerprint density at radius 2 is 1.81 bits per heavy atom. The molecule has 2 rings (SSSR count). The van der Waals surface area contributed by atoms with Crippen LogP contribution in [0.4, 0.5) is 0 Å². The number of benzene rings is 1. The summed E-state index contributed by atoms with van der Waals surface area (Å²) in [4.78, 5) is 25.7. The minimum absolute atomic E-state index is 0.162. The van der Waals surface area contributed by atoms with Gasteiger partial charge in [0.25, 0.3) is 11.5 Å². The molecule has 0 atom stereocenters. The maximum atomic E-state index is 13.0. The molecule has 0 saturated carbocycles. The lowest BCUT2D eigenvalue weighted by molar-refractivity contribution is 0.0948. The molecular formula is C22H30N2O2. The highest BCUT2D eigenvalue weighted by Gasteiger charge is 2.18. The first kappa shape index (κ1) is 20.0. The lowest BCUT2D eigenvalue weighted by atomic mass is 10.0. The summed E-state index contributed by atoms with van der Waals surface area (Å²) in [7, 11) is 0. The number of pyridine rings is 1. The second kappa shape index (κ2) is 9.95. The molecule has 0 radical (unpaired) electrons. The van der Waals surface area contributed by atoms with Crippen molar-refractivity contribution in [1.82, 2.24) is 9.88 Å². The Kier molecular flexibility index (Phi) is 7.64. The molecule has 1 aromatic heterocycles. The third-order valence-electron chi connectivity index (χ3n) is 4.63. The maximum Gasteiger partial charge on any atom is 0.263 e. The number of carbonyl (C=O) groups is 1. The molecule has 0 unspecified atom stereocenters. The fourth-order valence-corrected chi connectivity index (χ4v) is 3.19. The lowest BCUT2D eigenvalue weighted by Crippen LogP contribution is -2.35. The van der Waals surface area contributed by atoms with Crippen LogP contribution in [0.1, 0.15) is 67.2 Å². The van der Waals surface area contributed by atoms with Crippen LogP contribution in [0, 0.1) is 0 Å². The summed E-state index contributed by atoms with van der Waals surface area (Å²) in [5.74, 6) is -0.290. The predicted molar refractivity (Wildman–Crippen MR) is 107 cm³/mol. The van der Waals surface area contributed by atoms with Crippen molar-refractivity contribution >= 4 is 5.91 Å². The largest absolute Gasteiger partial charge is 0.348 e. The summed E-state index contributed by atoms with van der Waals surface area (Å²) in [6, 6.07) is 11.5. The van der Waals surface area contributed by atoms with Crippen LogP contribution in [0.25, 0.3) is 0 Å². The Hall–Kier alpha value is -2.36. The highest BCUT2D eigenvalue weighted by molar-refractivity contribution is 5.94. The van der Waals surface area contributed by atoms with E-state index in [4.69, 9.17) is 0 Å². The van der Waals surface area contributed by atoms with E-state index < -0.39 is 0 Å². The van der Waals surface area contributed by atoms with Crippen molar-refractivity contribution in [3.05, 3.63) is 69.1 Å². The van der Waals surface area contributed by atoms with Gasteiger partial charge < -0.3 is 9.88 Å². The Morgan fingerprint density at radius 1 is 1.08 bits per heavy atom. The fourth-order valence-electron chi connectivity index (χ4n) is 3.19. The molecule has 0 aliphatic heterocycles. The summed E-state index contributed by atoms with van der Waals surface area (Å²) < 4.78 is 1.84. The lowest BCUT2D eigenvalue weighted by Gasteiger charge is -2.18. The zero-order valence-electron chi connectivity index (χ0n) is 16.2. The Balaban J connectivity index is 2.34. The average Bonchev–Trinajstić information content (AvgIpc) is 2.67. The molecule has 1 heterocycles. The van der Waals surface area contributed by atoms with Gasteiger partial charge in [0.1, 0.15) is 5.56 Å². The van der Waals surface area contributed by atoms with Crippen LogP contribution >= 0.6 is 0 Å². The van der Waals surface area contributed by atoms with E-state index in [1.807, 2.05) is 34.9 Å². The third kappa shape index (κ3) is 4.84. The van der Waals surface area contributed by atoms with E-state index in [1.54, 1.807) is 6.07 Å². The standard InChI is InChI=1S/C22H30N2O2/c1-4-7-14-24-20(11-5-2)18(6-3)15-19(22(24)26)21(25)23-16-17-12-9-8-10-13-17/h8-10,12-13,15H,4-7,11,14,16H2,1-3H3,(H,23,25). The second-order valence-corrected chi connectivity index (χ2v) is 6.61. The van der Waals surface area contributed by atoms with Crippen LogP contribution in [0.2, 0.25) is 0 Å². The van der Waals surface area contributed by atoms with Crippen LogP contribution in [-0.2, 0) is 25.9 Å². The number of nitrogens with zero attached hydrogens (tertiary/aromatic N) is 1. The summed E-state index contributed by atoms with van der Waals surface area (Å²) in [6.45, 7) is 7.41. The monoisotopic (exact) mass is 354 g/mol. The number of unbranched alkanes of at least 4 members (excludes halogenated alkanes) is 1. The Bertz CT molecular complexity index is 779. The van der Waals surface area contributed by atoms with Gasteiger partial charge in [-0.15, -0.1) is 0 Å². The van der Waals surface area contributed by atoms with E-state index in [-0.39, 0.29) is 17.0 Å². The molecule has 0 aliphatic rings. The molecule has 0 bridgehead atoms. The zero-order chi connectivity index (χ0) is 18.9. The normalized spacial score (nSPS) is 10.7. The topological polar surface area (TPSA) is 51.1 Å². The van der Waals surface area contributed by atoms with Crippen LogP contribution in [-0.4, -0.2) is 10.5 Å². The van der Waals surface area contributed by atoms with E-state index in [0.717, 1.165) is 48.9 Å². The molecule has 2 aromatic rings. The molecule has 26 heavy (non-hydrogen) atoms. The molecule has 140 valence electrons. The van der Waals surface area contributed by atoms with Gasteiger partial charge in [0, 0.05) is 18.8 Å². The van der Waals surface area contributed by atoms with Crippen molar-refractivity contribution in [2.75, 3.05) is 0 Å². The van der Waals surface area contributed by atoms with E-state index in [2.05, 4.69) is 26.1 Å². The summed E-state index contributed by atoms with van der Waals surface area (Å²) in [6.07, 6.45) is 4.63. The molecule has 0 aliphatic carbocycles. The number of hydrogen-bond acceptors (Lipinski definition) is 2. The van der Waals surface area contributed by atoms with Gasteiger partial charge in [-0.25, -0.2) is 0 Å². The summed E-state index contributed by atoms with van der Waals surface area (Å²) in [5, 5.41) is 2.89. The van der Waals surface area contributed by atoms with E-state index in [0.29, 0.717) is 13.1 Å². The summed E-state index contributed by atoms with van der Waals surface area (Å²) >= 11 is 0. The molecule has 1 aromatic carbocycles. The highest BCUT2D eigenvalue weighted by atomic mass is 16.2. The van der Waals surface area contributed by atoms with Crippen molar-refractivity contribution in [3.63, 3.8) is 0 Å². The molecule has 4 nitrogen and oxygen atoms in total. The smallest absolute Gasteiger partial charge is 0.263 e. The van der Waals surface area contributed by atoms with Gasteiger partial charge in [-0.2, -0.15) is 0 Å². The van der Waals surface area contributed by atoms with Crippen LogP contribution < -0.4 is 10.9 Å². The van der Waals surface area contributed by atoms with E-state index in [9.17, 15) is 9.59 Å². The average molecular weight is 354 g/mol. The van der Waals surface area contributed by atoms with Gasteiger partial charge >= 0.3 is 0 Å². The maximum absolute atomic E-state index is 13.0. The number of nitrogens with one attached hydrogen (secondary N) is 1. The van der Waals surface area contributed by atoms with Crippen molar-refractivity contribution < 1.29 is 4.79 Å². The highest BCUT2D eigenvalue weighted by Crippen LogP contribution is 2.14. The van der Waals surface area contributed by atoms with Crippen molar-refractivity contribution in [2.45, 2.75) is 66.0 Å². The molecule has 1 amide bonds. The predicted octanol–water partition coefficient (Wildman–Crippen LogP) is 4.09. The Labute approximate surface area is 156 Å². The van der Waals surface area contributed by atoms with Crippen molar-refractivity contribution in [3.8, 4) is 0 Å². The number of rotatable bonds is 9. The number of amides is 1. The van der Waals surface area contributed by atoms with Gasteiger partial charge in [0.2, 0.25) is 0 Å². The van der Waals surface area contributed by atoms with Gasteiger partial charge in [-0.3, -0.25) is 9.59 Å². The van der Waals surface area contributed by atoms with Gasteiger partial charge in [0.15, 0.2) is 0 Å². The number of hydrogen-bond donors (Lipinski definition) is 1. The minimum atomic E-state index is -0.290. The van der Waals surface area contributed by atoms with Gasteiger partial charge in [0.05, 0.1) is 0 Å². The van der Waals surface area contributed by atoms with Crippen molar-refractivity contribution in [2.24, 2.45) is 0 Å². The van der Waals surface area contributed by atoms with E-state index in [1.165, 1.54) is 0 Å². The quantitative estimate of drug-likeness (QED) is 0.737. The molecule has 0 spiro atoms. The molecule has 0 saturated heterocycles. The van der Waals surface area contributed by atoms with Gasteiger partial charge in [-0.1, -0.05) is 63.9 Å². The number of carbonyl (C=O) groups excluding carboxylic acids is 1. The van der Waals surface area contributed by atoms with E-state index >= 15 is 0 Å². The third-order valence-corrected chi connectivity index (χ3v) is 4.63. The molecule has 4 heteroatoms.